The number of carbonyl (C=O) groups excluding carboxylic acids is 2. The molecule has 0 bridgehead atoms. The summed E-state index contributed by atoms with van der Waals surface area (Å²) in [6.07, 6.45) is 1.74. The normalized spacial score (nSPS) is 13.0. The lowest BCUT2D eigenvalue weighted by Crippen LogP contribution is -2.52. The Morgan fingerprint density at radius 3 is 2.34 bits per heavy atom. The van der Waals surface area contributed by atoms with Crippen LogP contribution in [0.5, 0.6) is 5.75 Å². The highest BCUT2D eigenvalue weighted by molar-refractivity contribution is 7.92. The van der Waals surface area contributed by atoms with Gasteiger partial charge in [0.15, 0.2) is 0 Å². The molecule has 0 unspecified atom stereocenters. The Labute approximate surface area is 217 Å². The van der Waals surface area contributed by atoms with Gasteiger partial charge in [-0.2, -0.15) is 0 Å². The number of nitrogens with one attached hydrogen (secondary N) is 1. The highest BCUT2D eigenvalue weighted by Gasteiger charge is 2.30. The third-order valence-corrected chi connectivity index (χ3v) is 7.41. The summed E-state index contributed by atoms with van der Waals surface area (Å²) in [5.74, 6) is -0.464. The Morgan fingerprint density at radius 2 is 1.77 bits per heavy atom. The molecule has 0 aliphatic heterocycles. The second kappa shape index (κ2) is 12.5. The van der Waals surface area contributed by atoms with E-state index in [9.17, 15) is 18.0 Å². The fraction of sp³-hybridized carbons (Fsp3) is 0.417. The lowest BCUT2D eigenvalue weighted by Gasteiger charge is -2.32. The summed E-state index contributed by atoms with van der Waals surface area (Å²) in [6.45, 7) is 4.93. The zero-order valence-electron chi connectivity index (χ0n) is 20.4. The molecule has 2 atom stereocenters. The Morgan fingerprint density at radius 1 is 1.09 bits per heavy atom. The third-order valence-electron chi connectivity index (χ3n) is 5.53. The van der Waals surface area contributed by atoms with Gasteiger partial charge in [0.2, 0.25) is 21.8 Å². The first kappa shape index (κ1) is 28.7. The van der Waals surface area contributed by atoms with Gasteiger partial charge >= 0.3 is 0 Å². The molecule has 35 heavy (non-hydrogen) atoms. The van der Waals surface area contributed by atoms with Gasteiger partial charge < -0.3 is 15.0 Å². The standard InChI is InChI=1S/C24H31Cl2N3O5S/c1-6-16(2)27-24(31)17(3)28(14-18-10-11-21(25)22(26)12-18)23(30)15-29(35(5,32)33)19-8-7-9-20(13-19)34-4/h7-13,16-17H,6,14-15H2,1-5H3,(H,27,31)/t16-,17+/m0/s1. The minimum absolute atomic E-state index is 0.0283. The number of carbonyl (C=O) groups is 2. The molecule has 0 aliphatic carbocycles. The number of nitrogens with zero attached hydrogens (tertiary/aromatic N) is 2. The number of methoxy groups -OCH3 is 1. The zero-order chi connectivity index (χ0) is 26.3. The van der Waals surface area contributed by atoms with Crippen LogP contribution in [-0.4, -0.2) is 57.1 Å². The van der Waals surface area contributed by atoms with Gasteiger partial charge in [-0.1, -0.05) is 42.3 Å². The van der Waals surface area contributed by atoms with Gasteiger partial charge in [0.25, 0.3) is 0 Å². The van der Waals surface area contributed by atoms with Gasteiger partial charge in [0.05, 0.1) is 29.1 Å². The summed E-state index contributed by atoms with van der Waals surface area (Å²) in [6, 6.07) is 10.3. The van der Waals surface area contributed by atoms with E-state index in [0.717, 1.165) is 17.0 Å². The van der Waals surface area contributed by atoms with Crippen molar-refractivity contribution in [1.82, 2.24) is 10.2 Å². The first-order valence-electron chi connectivity index (χ1n) is 11.0. The van der Waals surface area contributed by atoms with Crippen LogP contribution in [0, 0.1) is 0 Å². The molecule has 8 nitrogen and oxygen atoms in total. The van der Waals surface area contributed by atoms with Gasteiger partial charge in [0.1, 0.15) is 18.3 Å². The number of hydrogen-bond donors (Lipinski definition) is 1. The second-order valence-electron chi connectivity index (χ2n) is 8.24. The zero-order valence-corrected chi connectivity index (χ0v) is 22.7. The molecule has 0 saturated carbocycles. The molecule has 0 fully saturated rings. The lowest BCUT2D eigenvalue weighted by atomic mass is 10.1. The van der Waals surface area contributed by atoms with Gasteiger partial charge in [-0.25, -0.2) is 8.42 Å². The maximum atomic E-state index is 13.5. The van der Waals surface area contributed by atoms with Crippen LogP contribution in [0.15, 0.2) is 42.5 Å². The van der Waals surface area contributed by atoms with Crippen LogP contribution >= 0.6 is 23.2 Å². The minimum atomic E-state index is -3.83. The number of amides is 2. The van der Waals surface area contributed by atoms with Crippen molar-refractivity contribution in [3.05, 3.63) is 58.1 Å². The molecule has 0 aromatic heterocycles. The number of halogens is 2. The molecule has 0 saturated heterocycles. The Bertz CT molecular complexity index is 1160. The maximum Gasteiger partial charge on any atom is 0.244 e. The van der Waals surface area contributed by atoms with Crippen molar-refractivity contribution in [3.63, 3.8) is 0 Å². The van der Waals surface area contributed by atoms with E-state index in [4.69, 9.17) is 27.9 Å². The van der Waals surface area contributed by atoms with Crippen LogP contribution in [0.25, 0.3) is 0 Å². The molecule has 2 aromatic rings. The summed E-state index contributed by atoms with van der Waals surface area (Å²) in [4.78, 5) is 27.8. The van der Waals surface area contributed by atoms with E-state index in [2.05, 4.69) is 5.32 Å². The van der Waals surface area contributed by atoms with E-state index in [-0.39, 0.29) is 24.2 Å². The fourth-order valence-corrected chi connectivity index (χ4v) is 4.42. The monoisotopic (exact) mass is 543 g/mol. The molecule has 2 aromatic carbocycles. The van der Waals surface area contributed by atoms with E-state index in [1.165, 1.54) is 18.1 Å². The van der Waals surface area contributed by atoms with Gasteiger partial charge in [-0.3, -0.25) is 13.9 Å². The van der Waals surface area contributed by atoms with Crippen molar-refractivity contribution in [3.8, 4) is 5.75 Å². The fourth-order valence-electron chi connectivity index (χ4n) is 3.26. The molecular weight excluding hydrogens is 513 g/mol. The van der Waals surface area contributed by atoms with Crippen LogP contribution in [0.1, 0.15) is 32.8 Å². The average Bonchev–Trinajstić information content (AvgIpc) is 2.81. The summed E-state index contributed by atoms with van der Waals surface area (Å²) in [7, 11) is -2.37. The first-order valence-corrected chi connectivity index (χ1v) is 13.6. The van der Waals surface area contributed by atoms with Crippen LogP contribution in [0.3, 0.4) is 0 Å². The van der Waals surface area contributed by atoms with Crippen molar-refractivity contribution in [2.24, 2.45) is 0 Å². The molecule has 11 heteroatoms. The van der Waals surface area contributed by atoms with Crippen LogP contribution in [0.4, 0.5) is 5.69 Å². The predicted molar refractivity (Wildman–Crippen MR) is 140 cm³/mol. The number of benzene rings is 2. The van der Waals surface area contributed by atoms with E-state index in [1.54, 1.807) is 43.3 Å². The molecule has 1 N–H and O–H groups in total. The first-order chi connectivity index (χ1) is 16.4. The quantitative estimate of drug-likeness (QED) is 0.460. The molecular formula is C24H31Cl2N3O5S. The van der Waals surface area contributed by atoms with Gasteiger partial charge in [-0.05, 0) is 50.1 Å². The molecule has 192 valence electrons. The summed E-state index contributed by atoms with van der Waals surface area (Å²) < 4.78 is 31.4. The number of anilines is 1. The number of sulfonamides is 1. The summed E-state index contributed by atoms with van der Waals surface area (Å²) in [5.41, 5.74) is 0.912. The van der Waals surface area contributed by atoms with Crippen molar-refractivity contribution in [1.29, 1.82) is 0 Å². The number of hydrogen-bond acceptors (Lipinski definition) is 5. The molecule has 0 heterocycles. The third kappa shape index (κ3) is 8.02. The van der Waals surface area contributed by atoms with Crippen molar-refractivity contribution >= 4 is 50.7 Å². The average molecular weight is 545 g/mol. The van der Waals surface area contributed by atoms with E-state index < -0.39 is 28.5 Å². The van der Waals surface area contributed by atoms with Crippen LogP contribution in [0.2, 0.25) is 10.0 Å². The largest absolute Gasteiger partial charge is 0.497 e. The number of rotatable bonds is 11. The second-order valence-corrected chi connectivity index (χ2v) is 11.0. The SMILES string of the molecule is CC[C@H](C)NC(=O)[C@@H](C)N(Cc1ccc(Cl)c(Cl)c1)C(=O)CN(c1cccc(OC)c1)S(C)(=O)=O. The number of ether oxygens (including phenoxy) is 1. The van der Waals surface area contributed by atoms with E-state index >= 15 is 0 Å². The minimum Gasteiger partial charge on any atom is -0.497 e. The predicted octanol–water partition coefficient (Wildman–Crippen LogP) is 4.10. The smallest absolute Gasteiger partial charge is 0.244 e. The molecule has 0 radical (unpaired) electrons. The Balaban J connectivity index is 2.42. The lowest BCUT2D eigenvalue weighted by molar-refractivity contribution is -0.139. The maximum absolute atomic E-state index is 13.5. The van der Waals surface area contributed by atoms with E-state index in [1.807, 2.05) is 13.8 Å². The highest BCUT2D eigenvalue weighted by atomic mass is 35.5. The summed E-state index contributed by atoms with van der Waals surface area (Å²) in [5, 5.41) is 3.54. The molecule has 0 aliphatic rings. The van der Waals surface area contributed by atoms with Crippen LogP contribution < -0.4 is 14.4 Å². The van der Waals surface area contributed by atoms with Gasteiger partial charge in [0, 0.05) is 18.7 Å². The van der Waals surface area contributed by atoms with Crippen molar-refractivity contribution in [2.75, 3.05) is 24.2 Å². The molecule has 2 amide bonds. The Hall–Kier alpha value is -2.49. The molecule has 0 spiro atoms. The Kier molecular flexibility index (Phi) is 10.2. The highest BCUT2D eigenvalue weighted by Crippen LogP contribution is 2.25. The van der Waals surface area contributed by atoms with E-state index in [0.29, 0.717) is 21.4 Å². The van der Waals surface area contributed by atoms with Crippen molar-refractivity contribution < 1.29 is 22.7 Å². The van der Waals surface area contributed by atoms with Gasteiger partial charge in [-0.15, -0.1) is 0 Å². The van der Waals surface area contributed by atoms with Crippen molar-refractivity contribution in [2.45, 2.75) is 45.8 Å². The summed E-state index contributed by atoms with van der Waals surface area (Å²) >= 11 is 12.2. The topological polar surface area (TPSA) is 96.0 Å². The molecule has 2 rings (SSSR count). The van der Waals surface area contributed by atoms with Crippen LogP contribution in [-0.2, 0) is 26.2 Å².